The van der Waals surface area contributed by atoms with E-state index >= 15 is 0 Å². The zero-order valence-corrected chi connectivity index (χ0v) is 30.7. The van der Waals surface area contributed by atoms with Gasteiger partial charge in [0.1, 0.15) is 0 Å². The van der Waals surface area contributed by atoms with E-state index in [-0.39, 0.29) is 19.1 Å². The van der Waals surface area contributed by atoms with Crippen LogP contribution in [0.1, 0.15) is 35.4 Å². The smallest absolute Gasteiger partial charge is 0.290 e. The number of phosphoric ester groups is 2. The summed E-state index contributed by atoms with van der Waals surface area (Å²) in [6.45, 7) is 2.27. The maximum absolute atomic E-state index is 12.9. The molecular formula is C37H38N4O8P2+2. The average Bonchev–Trinajstić information content (AvgIpc) is 3.96. The van der Waals surface area contributed by atoms with Crippen molar-refractivity contribution in [3.63, 3.8) is 0 Å². The van der Waals surface area contributed by atoms with Gasteiger partial charge in [0.2, 0.25) is 22.8 Å². The molecule has 2 aromatic heterocycles. The number of hydrogen-bond acceptors (Lipinski definition) is 8. The Kier molecular flexibility index (Phi) is 7.60. The van der Waals surface area contributed by atoms with E-state index in [9.17, 15) is 9.13 Å². The molecule has 262 valence electrons. The minimum atomic E-state index is -3.72. The highest BCUT2D eigenvalue weighted by Gasteiger charge is 2.71. The molecule has 14 heteroatoms. The zero-order valence-electron chi connectivity index (χ0n) is 28.9. The zero-order chi connectivity index (χ0) is 35.3. The Morgan fingerprint density at radius 3 is 2.10 bits per heavy atom. The summed E-state index contributed by atoms with van der Waals surface area (Å²) in [5.41, 5.74) is 11.0. The molecule has 0 radical (unpaired) electrons. The van der Waals surface area contributed by atoms with Crippen molar-refractivity contribution in [2.75, 3.05) is 41.7 Å². The van der Waals surface area contributed by atoms with Crippen LogP contribution in [0.25, 0.3) is 17.7 Å². The van der Waals surface area contributed by atoms with Crippen LogP contribution < -0.4 is 10.7 Å². The van der Waals surface area contributed by atoms with Crippen LogP contribution in [0.5, 0.6) is 0 Å². The fourth-order valence-corrected chi connectivity index (χ4v) is 9.79. The van der Waals surface area contributed by atoms with E-state index < -0.39 is 21.6 Å². The third kappa shape index (κ3) is 4.55. The molecule has 1 spiro atoms. The standard InChI is InChI=1S/C37H38N4O8P2/c1-24-6-8-25(9-7-24)35-31-14-10-27-22-29-12-16-33-36(26(18-20-48-50(42,44-2)45-3)19-21-49-51(43,46-4)47-5)34-17-13-30-23-28-11-15-32(35)39(28)37(38(27)31,40(29)33)41(30)34/h6-17,22-23,26H,18-21H2,1-5H3/q+2. The Morgan fingerprint density at radius 1 is 0.745 bits per heavy atom. The van der Waals surface area contributed by atoms with Gasteiger partial charge in [-0.05, 0) is 49.6 Å². The molecule has 0 N–H and O–H groups in total. The first-order valence-electron chi connectivity index (χ1n) is 16.8. The third-order valence-electron chi connectivity index (χ3n) is 10.6. The van der Waals surface area contributed by atoms with Crippen LogP contribution >= 0.6 is 15.6 Å². The van der Waals surface area contributed by atoms with Gasteiger partial charge in [0.15, 0.2) is 0 Å². The molecule has 1 unspecified atom stereocenters. The van der Waals surface area contributed by atoms with Crippen LogP contribution in [0.2, 0.25) is 0 Å². The molecule has 0 saturated carbocycles. The van der Waals surface area contributed by atoms with Crippen LogP contribution in [0.4, 0.5) is 0 Å². The first-order chi connectivity index (χ1) is 24.7. The van der Waals surface area contributed by atoms with Crippen molar-refractivity contribution in [2.45, 2.75) is 25.7 Å². The van der Waals surface area contributed by atoms with Gasteiger partial charge >= 0.3 is 21.6 Å². The van der Waals surface area contributed by atoms with Crippen LogP contribution in [0.15, 0.2) is 89.8 Å². The molecule has 0 amide bonds. The van der Waals surface area contributed by atoms with E-state index in [1.165, 1.54) is 39.6 Å². The lowest BCUT2D eigenvalue weighted by atomic mass is 9.86. The molecule has 3 aromatic rings. The van der Waals surface area contributed by atoms with Gasteiger partial charge in [-0.2, -0.15) is 9.13 Å². The summed E-state index contributed by atoms with van der Waals surface area (Å²) < 4.78 is 67.2. The van der Waals surface area contributed by atoms with Crippen LogP contribution in [-0.4, -0.2) is 71.4 Å². The predicted octanol–water partition coefficient (Wildman–Crippen LogP) is 4.97. The highest BCUT2D eigenvalue weighted by molar-refractivity contribution is 7.48. The second-order valence-electron chi connectivity index (χ2n) is 13.0. The summed E-state index contributed by atoms with van der Waals surface area (Å²) >= 11 is 0. The summed E-state index contributed by atoms with van der Waals surface area (Å²) in [6, 6.07) is 17.7. The van der Waals surface area contributed by atoms with E-state index in [1.807, 2.05) is 0 Å². The Morgan fingerprint density at radius 2 is 1.43 bits per heavy atom. The highest BCUT2D eigenvalue weighted by Crippen LogP contribution is 2.51. The number of aromatic nitrogens is 2. The topological polar surface area (TPSA) is 105 Å². The van der Waals surface area contributed by atoms with Crippen molar-refractivity contribution in [3.8, 4) is 0 Å². The summed E-state index contributed by atoms with van der Waals surface area (Å²) in [6.07, 6.45) is 14.1. The van der Waals surface area contributed by atoms with Crippen molar-refractivity contribution in [2.24, 2.45) is 5.92 Å². The Labute approximate surface area is 295 Å². The first-order valence-corrected chi connectivity index (χ1v) is 19.7. The maximum Gasteiger partial charge on any atom is 0.553 e. The molecule has 51 heavy (non-hydrogen) atoms. The second-order valence-corrected chi connectivity index (χ2v) is 16.8. The van der Waals surface area contributed by atoms with Gasteiger partial charge < -0.3 is 0 Å². The monoisotopic (exact) mass is 728 g/mol. The molecule has 1 atom stereocenters. The minimum absolute atomic E-state index is 0.0799. The third-order valence-corrected chi connectivity index (χ3v) is 13.4. The Hall–Kier alpha value is -3.96. The summed E-state index contributed by atoms with van der Waals surface area (Å²) in [4.78, 5) is 0. The summed E-state index contributed by atoms with van der Waals surface area (Å²) in [7, 11) is -2.26. The van der Waals surface area contributed by atoms with Crippen molar-refractivity contribution in [1.29, 1.82) is 0 Å². The Balaban J connectivity index is 1.25. The van der Waals surface area contributed by atoms with Crippen LogP contribution in [0.3, 0.4) is 0 Å². The lowest BCUT2D eigenvalue weighted by Crippen LogP contribution is -2.70. The SMILES string of the molecule is COP(=O)(OC)OCCC(CCOP(=O)(OC)OC)C1=C2C=CC3=[N+]2C24n5c(ccc5C(c5ccc(C)cc5)=c5ccc(n52)=C3)C=C2C=CC1=[N+]24. The van der Waals surface area contributed by atoms with Crippen LogP contribution in [0, 0.1) is 12.8 Å². The van der Waals surface area contributed by atoms with Crippen molar-refractivity contribution in [1.82, 2.24) is 9.13 Å². The molecule has 0 saturated heterocycles. The number of phosphoric acid groups is 2. The summed E-state index contributed by atoms with van der Waals surface area (Å²) in [5, 5.41) is 2.24. The van der Waals surface area contributed by atoms with Crippen molar-refractivity contribution >= 4 is 44.8 Å². The van der Waals surface area contributed by atoms with Gasteiger partial charge in [-0.15, -0.1) is 0 Å². The molecule has 1 aromatic carbocycles. The van der Waals surface area contributed by atoms with Gasteiger partial charge in [-0.25, -0.2) is 9.13 Å². The quantitative estimate of drug-likeness (QED) is 0.170. The van der Waals surface area contributed by atoms with Crippen molar-refractivity contribution < 1.29 is 45.4 Å². The Bertz CT molecular complexity index is 2420. The molecule has 6 aliphatic heterocycles. The summed E-state index contributed by atoms with van der Waals surface area (Å²) in [5.74, 6) is -1.02. The first kappa shape index (κ1) is 32.9. The normalized spacial score (nSPS) is 20.5. The number of aryl methyl sites for hydroxylation is 1. The second kappa shape index (κ2) is 11.8. The largest absolute Gasteiger partial charge is 0.553 e. The number of hydrogen-bond donors (Lipinski definition) is 0. The van der Waals surface area contributed by atoms with Gasteiger partial charge in [0.05, 0.1) is 40.9 Å². The molecule has 12 nitrogen and oxygen atoms in total. The van der Waals surface area contributed by atoms with Crippen LogP contribution in [-0.2, 0) is 42.2 Å². The number of nitrogens with zero attached hydrogens (tertiary/aromatic N) is 4. The van der Waals surface area contributed by atoms with E-state index in [0.717, 1.165) is 56.0 Å². The molecule has 0 bridgehead atoms. The number of rotatable bonds is 14. The van der Waals surface area contributed by atoms with Gasteiger partial charge in [-0.3, -0.25) is 27.1 Å². The molecule has 9 rings (SSSR count). The maximum atomic E-state index is 12.9. The number of benzene rings is 1. The van der Waals surface area contributed by atoms with E-state index in [4.69, 9.17) is 27.1 Å². The predicted molar refractivity (Wildman–Crippen MR) is 190 cm³/mol. The number of allylic oxidation sites excluding steroid dienone is 5. The molecule has 6 aliphatic rings. The fourth-order valence-electron chi connectivity index (χ4n) is 8.42. The van der Waals surface area contributed by atoms with E-state index in [0.29, 0.717) is 12.8 Å². The fraction of sp³-hybridized carbons (Fsp3) is 0.297. The molecular weight excluding hydrogens is 690 g/mol. The lowest BCUT2D eigenvalue weighted by molar-refractivity contribution is -0.837. The molecule has 0 fully saturated rings. The van der Waals surface area contributed by atoms with Gasteiger partial charge in [0.25, 0.3) is 0 Å². The van der Waals surface area contributed by atoms with E-state index in [2.05, 4.69) is 110 Å². The molecule has 0 aliphatic carbocycles. The van der Waals surface area contributed by atoms with Crippen molar-refractivity contribution in [3.05, 3.63) is 123 Å². The molecule has 8 heterocycles. The van der Waals surface area contributed by atoms with Gasteiger partial charge in [-0.1, -0.05) is 39.0 Å². The van der Waals surface area contributed by atoms with E-state index in [1.54, 1.807) is 0 Å². The highest BCUT2D eigenvalue weighted by atomic mass is 31.2. The lowest BCUT2D eigenvalue weighted by Gasteiger charge is -2.40. The average molecular weight is 729 g/mol. The minimum Gasteiger partial charge on any atom is -0.290 e. The van der Waals surface area contributed by atoms with Gasteiger partial charge in [0, 0.05) is 76.4 Å².